The van der Waals surface area contributed by atoms with Crippen LogP contribution in [0.25, 0.3) is 0 Å². The van der Waals surface area contributed by atoms with E-state index in [4.69, 9.17) is 11.6 Å². The number of benzene rings is 2. The molecule has 4 heteroatoms. The van der Waals surface area contributed by atoms with Gasteiger partial charge in [0.1, 0.15) is 5.82 Å². The first kappa shape index (κ1) is 13.2. The van der Waals surface area contributed by atoms with Gasteiger partial charge in [-0.2, -0.15) is 0 Å². The summed E-state index contributed by atoms with van der Waals surface area (Å²) < 4.78 is 14.0. The minimum Gasteiger partial charge on any atom is -0.289 e. The van der Waals surface area contributed by atoms with E-state index in [0.29, 0.717) is 21.7 Å². The van der Waals surface area contributed by atoms with Crippen LogP contribution >= 0.6 is 27.5 Å². The second-order valence-corrected chi connectivity index (χ2v) is 5.29. The van der Waals surface area contributed by atoms with E-state index in [1.165, 1.54) is 12.1 Å². The summed E-state index contributed by atoms with van der Waals surface area (Å²) in [4.78, 5) is 12.3. The van der Waals surface area contributed by atoms with Crippen LogP contribution < -0.4 is 0 Å². The third-order valence-electron chi connectivity index (χ3n) is 2.48. The summed E-state index contributed by atoms with van der Waals surface area (Å²) in [5, 5.41) is 0.352. The van der Waals surface area contributed by atoms with E-state index >= 15 is 0 Å². The molecule has 0 saturated heterocycles. The summed E-state index contributed by atoms with van der Waals surface area (Å²) in [6, 6.07) is 9.24. The van der Waals surface area contributed by atoms with Crippen molar-refractivity contribution in [3.05, 3.63) is 68.4 Å². The topological polar surface area (TPSA) is 17.1 Å². The molecule has 2 aromatic carbocycles. The van der Waals surface area contributed by atoms with Crippen LogP contribution in [0.1, 0.15) is 21.5 Å². The number of rotatable bonds is 2. The van der Waals surface area contributed by atoms with E-state index < -0.39 is 5.82 Å². The van der Waals surface area contributed by atoms with E-state index in [-0.39, 0.29) is 5.78 Å². The van der Waals surface area contributed by atoms with E-state index in [1.54, 1.807) is 31.2 Å². The highest BCUT2D eigenvalue weighted by Crippen LogP contribution is 2.24. The summed E-state index contributed by atoms with van der Waals surface area (Å²) in [6.07, 6.45) is 0. The second-order valence-electron chi connectivity index (χ2n) is 3.97. The van der Waals surface area contributed by atoms with Crippen LogP contribution in [-0.2, 0) is 0 Å². The lowest BCUT2D eigenvalue weighted by molar-refractivity contribution is 0.103. The van der Waals surface area contributed by atoms with Gasteiger partial charge in [-0.1, -0.05) is 27.5 Å². The number of halogens is 3. The van der Waals surface area contributed by atoms with Gasteiger partial charge in [-0.3, -0.25) is 4.79 Å². The third-order valence-corrected chi connectivity index (χ3v) is 3.30. The predicted molar refractivity (Wildman–Crippen MR) is 73.7 cm³/mol. The van der Waals surface area contributed by atoms with Gasteiger partial charge in [-0.15, -0.1) is 0 Å². The molecule has 0 aliphatic rings. The minimum absolute atomic E-state index is 0.288. The first-order chi connectivity index (χ1) is 8.47. The Bertz CT molecular complexity index is 605. The molecule has 0 bridgehead atoms. The van der Waals surface area contributed by atoms with Gasteiger partial charge in [0.2, 0.25) is 0 Å². The Morgan fingerprint density at radius 1 is 1.22 bits per heavy atom. The normalized spacial score (nSPS) is 10.4. The molecule has 0 radical (unpaired) electrons. The van der Waals surface area contributed by atoms with Crippen molar-refractivity contribution in [2.45, 2.75) is 6.92 Å². The standard InChI is InChI=1S/C14H9BrClFO/c1-8-4-9(6-11(17)5-8)14(18)12-7-10(15)2-3-13(12)16/h2-7H,1H3. The molecular formula is C14H9BrClFO. The van der Waals surface area contributed by atoms with Gasteiger partial charge in [0.15, 0.2) is 5.78 Å². The van der Waals surface area contributed by atoms with E-state index in [9.17, 15) is 9.18 Å². The lowest BCUT2D eigenvalue weighted by atomic mass is 10.0. The zero-order valence-corrected chi connectivity index (χ0v) is 11.8. The first-order valence-corrected chi connectivity index (χ1v) is 6.41. The predicted octanol–water partition coefficient (Wildman–Crippen LogP) is 4.78. The van der Waals surface area contributed by atoms with Gasteiger partial charge in [0, 0.05) is 15.6 Å². The molecule has 1 nitrogen and oxygen atoms in total. The van der Waals surface area contributed by atoms with Crippen LogP contribution in [0.4, 0.5) is 4.39 Å². The fourth-order valence-electron chi connectivity index (χ4n) is 1.69. The molecule has 92 valence electrons. The third kappa shape index (κ3) is 2.79. The Kier molecular flexibility index (Phi) is 3.83. The molecule has 0 aromatic heterocycles. The first-order valence-electron chi connectivity index (χ1n) is 5.24. The van der Waals surface area contributed by atoms with Crippen LogP contribution in [0.15, 0.2) is 40.9 Å². The van der Waals surface area contributed by atoms with Gasteiger partial charge in [-0.05, 0) is 48.9 Å². The lowest BCUT2D eigenvalue weighted by Crippen LogP contribution is -2.03. The average Bonchev–Trinajstić information content (AvgIpc) is 2.30. The summed E-state index contributed by atoms with van der Waals surface area (Å²) in [5.41, 5.74) is 1.35. The maximum absolute atomic E-state index is 13.3. The van der Waals surface area contributed by atoms with Crippen molar-refractivity contribution in [1.29, 1.82) is 0 Å². The van der Waals surface area contributed by atoms with Crippen LogP contribution in [0, 0.1) is 12.7 Å². The maximum Gasteiger partial charge on any atom is 0.194 e. The summed E-state index contributed by atoms with van der Waals surface area (Å²) in [7, 11) is 0. The summed E-state index contributed by atoms with van der Waals surface area (Å²) in [6.45, 7) is 1.74. The number of carbonyl (C=O) groups excluding carboxylic acids is 1. The Morgan fingerprint density at radius 2 is 1.94 bits per heavy atom. The van der Waals surface area contributed by atoms with Gasteiger partial charge in [0.25, 0.3) is 0 Å². The molecule has 0 aliphatic carbocycles. The Labute approximate surface area is 118 Å². The van der Waals surface area contributed by atoms with E-state index in [2.05, 4.69) is 15.9 Å². The molecule has 0 atom stereocenters. The number of hydrogen-bond acceptors (Lipinski definition) is 1. The zero-order chi connectivity index (χ0) is 13.3. The molecule has 18 heavy (non-hydrogen) atoms. The maximum atomic E-state index is 13.3. The highest BCUT2D eigenvalue weighted by atomic mass is 79.9. The van der Waals surface area contributed by atoms with Crippen LogP contribution in [0.3, 0.4) is 0 Å². The van der Waals surface area contributed by atoms with Crippen LogP contribution in [0.5, 0.6) is 0 Å². The molecule has 0 unspecified atom stereocenters. The Balaban J connectivity index is 2.51. The largest absolute Gasteiger partial charge is 0.289 e. The molecule has 0 spiro atoms. The summed E-state index contributed by atoms with van der Waals surface area (Å²) >= 11 is 9.27. The molecule has 0 aliphatic heterocycles. The number of carbonyl (C=O) groups is 1. The summed E-state index contributed by atoms with van der Waals surface area (Å²) in [5.74, 6) is -0.714. The molecular weight excluding hydrogens is 319 g/mol. The fraction of sp³-hybridized carbons (Fsp3) is 0.0714. The zero-order valence-electron chi connectivity index (χ0n) is 9.51. The average molecular weight is 328 g/mol. The molecule has 0 saturated carbocycles. The molecule has 0 fully saturated rings. The highest BCUT2D eigenvalue weighted by molar-refractivity contribution is 9.10. The van der Waals surface area contributed by atoms with E-state index in [1.807, 2.05) is 0 Å². The monoisotopic (exact) mass is 326 g/mol. The molecule has 0 heterocycles. The highest BCUT2D eigenvalue weighted by Gasteiger charge is 2.14. The van der Waals surface area contributed by atoms with Crippen molar-refractivity contribution in [2.24, 2.45) is 0 Å². The van der Waals surface area contributed by atoms with E-state index in [0.717, 1.165) is 4.47 Å². The van der Waals surface area contributed by atoms with Crippen molar-refractivity contribution in [3.63, 3.8) is 0 Å². The van der Waals surface area contributed by atoms with Crippen molar-refractivity contribution in [2.75, 3.05) is 0 Å². The lowest BCUT2D eigenvalue weighted by Gasteiger charge is -2.05. The molecule has 0 N–H and O–H groups in total. The quantitative estimate of drug-likeness (QED) is 0.725. The molecule has 2 rings (SSSR count). The van der Waals surface area contributed by atoms with Crippen molar-refractivity contribution in [1.82, 2.24) is 0 Å². The Hall–Kier alpha value is -1.19. The SMILES string of the molecule is Cc1cc(F)cc(C(=O)c2cc(Br)ccc2Cl)c1. The van der Waals surface area contributed by atoms with Gasteiger partial charge < -0.3 is 0 Å². The number of ketones is 1. The van der Waals surface area contributed by atoms with Crippen molar-refractivity contribution in [3.8, 4) is 0 Å². The number of hydrogen-bond donors (Lipinski definition) is 0. The fourth-order valence-corrected chi connectivity index (χ4v) is 2.26. The van der Waals surface area contributed by atoms with Gasteiger partial charge >= 0.3 is 0 Å². The second kappa shape index (κ2) is 5.21. The smallest absolute Gasteiger partial charge is 0.194 e. The van der Waals surface area contributed by atoms with Gasteiger partial charge in [0.05, 0.1) is 5.02 Å². The van der Waals surface area contributed by atoms with Crippen molar-refractivity contribution >= 4 is 33.3 Å². The molecule has 0 amide bonds. The van der Waals surface area contributed by atoms with Gasteiger partial charge in [-0.25, -0.2) is 4.39 Å². The number of aryl methyl sites for hydroxylation is 1. The van der Waals surface area contributed by atoms with Crippen LogP contribution in [0.2, 0.25) is 5.02 Å². The minimum atomic E-state index is -0.426. The van der Waals surface area contributed by atoms with Crippen molar-refractivity contribution < 1.29 is 9.18 Å². The van der Waals surface area contributed by atoms with Crippen LogP contribution in [-0.4, -0.2) is 5.78 Å². The molecule has 2 aromatic rings. The Morgan fingerprint density at radius 3 is 2.61 bits per heavy atom.